The second-order valence-corrected chi connectivity index (χ2v) is 4.50. The van der Waals surface area contributed by atoms with Gasteiger partial charge in [0.2, 0.25) is 0 Å². The van der Waals surface area contributed by atoms with E-state index >= 15 is 0 Å². The molecular formula is C12H19N3O. The van der Waals surface area contributed by atoms with Crippen molar-refractivity contribution in [1.82, 2.24) is 9.88 Å². The molecule has 2 atom stereocenters. The largest absolute Gasteiger partial charge is 0.357 e. The molecular weight excluding hydrogens is 202 g/mol. The fourth-order valence-corrected chi connectivity index (χ4v) is 2.48. The highest BCUT2D eigenvalue weighted by Crippen LogP contribution is 2.23. The van der Waals surface area contributed by atoms with Gasteiger partial charge in [0, 0.05) is 25.3 Å². The van der Waals surface area contributed by atoms with Crippen LogP contribution in [0.25, 0.3) is 0 Å². The SMILES string of the molecule is CC1CCCN(C(=O)c2ccc[nH]2)C1CN. The summed E-state index contributed by atoms with van der Waals surface area (Å²) in [4.78, 5) is 17.1. The predicted octanol–water partition coefficient (Wildman–Crippen LogP) is 1.21. The molecule has 88 valence electrons. The summed E-state index contributed by atoms with van der Waals surface area (Å²) in [5.41, 5.74) is 6.43. The Balaban J connectivity index is 2.15. The van der Waals surface area contributed by atoms with Crippen molar-refractivity contribution in [2.75, 3.05) is 13.1 Å². The van der Waals surface area contributed by atoms with Crippen LogP contribution in [-0.2, 0) is 0 Å². The van der Waals surface area contributed by atoms with Crippen molar-refractivity contribution in [2.24, 2.45) is 11.7 Å². The zero-order valence-corrected chi connectivity index (χ0v) is 9.65. The van der Waals surface area contributed by atoms with E-state index in [0.29, 0.717) is 18.2 Å². The number of amides is 1. The summed E-state index contributed by atoms with van der Waals surface area (Å²) in [6.07, 6.45) is 4.01. The van der Waals surface area contributed by atoms with E-state index in [1.807, 2.05) is 17.0 Å². The number of aromatic amines is 1. The fraction of sp³-hybridized carbons (Fsp3) is 0.583. The van der Waals surface area contributed by atoms with E-state index in [0.717, 1.165) is 19.4 Å². The van der Waals surface area contributed by atoms with Crippen molar-refractivity contribution in [2.45, 2.75) is 25.8 Å². The molecule has 0 spiro atoms. The van der Waals surface area contributed by atoms with Gasteiger partial charge in [-0.15, -0.1) is 0 Å². The van der Waals surface area contributed by atoms with E-state index < -0.39 is 0 Å². The van der Waals surface area contributed by atoms with Gasteiger partial charge in [0.1, 0.15) is 5.69 Å². The van der Waals surface area contributed by atoms with Crippen LogP contribution in [0.2, 0.25) is 0 Å². The number of piperidine rings is 1. The number of nitrogens with one attached hydrogen (secondary N) is 1. The second-order valence-electron chi connectivity index (χ2n) is 4.50. The molecule has 1 saturated heterocycles. The fourth-order valence-electron chi connectivity index (χ4n) is 2.48. The minimum atomic E-state index is 0.0759. The minimum Gasteiger partial charge on any atom is -0.357 e. The van der Waals surface area contributed by atoms with E-state index in [4.69, 9.17) is 5.73 Å². The summed E-state index contributed by atoms with van der Waals surface area (Å²) in [5.74, 6) is 0.574. The van der Waals surface area contributed by atoms with Crippen LogP contribution in [0, 0.1) is 5.92 Å². The average molecular weight is 221 g/mol. The maximum absolute atomic E-state index is 12.2. The first-order valence-corrected chi connectivity index (χ1v) is 5.88. The number of likely N-dealkylation sites (tertiary alicyclic amines) is 1. The first-order valence-electron chi connectivity index (χ1n) is 5.88. The molecule has 4 nitrogen and oxygen atoms in total. The van der Waals surface area contributed by atoms with Gasteiger partial charge >= 0.3 is 0 Å². The Bertz CT molecular complexity index is 347. The highest BCUT2D eigenvalue weighted by Gasteiger charge is 2.31. The predicted molar refractivity (Wildman–Crippen MR) is 63.1 cm³/mol. The third-order valence-electron chi connectivity index (χ3n) is 3.45. The summed E-state index contributed by atoms with van der Waals surface area (Å²) >= 11 is 0. The number of aromatic nitrogens is 1. The summed E-state index contributed by atoms with van der Waals surface area (Å²) in [6, 6.07) is 3.84. The molecule has 2 rings (SSSR count). The maximum Gasteiger partial charge on any atom is 0.270 e. The summed E-state index contributed by atoms with van der Waals surface area (Å²) in [7, 11) is 0. The van der Waals surface area contributed by atoms with Crippen molar-refractivity contribution in [3.8, 4) is 0 Å². The quantitative estimate of drug-likeness (QED) is 0.788. The normalized spacial score (nSPS) is 25.8. The van der Waals surface area contributed by atoms with Crippen molar-refractivity contribution in [3.05, 3.63) is 24.0 Å². The van der Waals surface area contributed by atoms with Crippen LogP contribution < -0.4 is 5.73 Å². The molecule has 4 heteroatoms. The molecule has 1 aliphatic heterocycles. The Hall–Kier alpha value is -1.29. The lowest BCUT2D eigenvalue weighted by Gasteiger charge is -2.39. The lowest BCUT2D eigenvalue weighted by molar-refractivity contribution is 0.0527. The Labute approximate surface area is 95.8 Å². The van der Waals surface area contributed by atoms with Gasteiger partial charge in [0.15, 0.2) is 0 Å². The number of rotatable bonds is 2. The van der Waals surface area contributed by atoms with E-state index in [1.165, 1.54) is 0 Å². The molecule has 1 aromatic rings. The molecule has 0 saturated carbocycles. The van der Waals surface area contributed by atoms with Crippen LogP contribution in [-0.4, -0.2) is 34.9 Å². The van der Waals surface area contributed by atoms with Gasteiger partial charge < -0.3 is 15.6 Å². The van der Waals surface area contributed by atoms with Gasteiger partial charge in [-0.3, -0.25) is 4.79 Å². The number of H-pyrrole nitrogens is 1. The number of carbonyl (C=O) groups excluding carboxylic acids is 1. The zero-order chi connectivity index (χ0) is 11.5. The van der Waals surface area contributed by atoms with Gasteiger partial charge in [-0.05, 0) is 30.9 Å². The monoisotopic (exact) mass is 221 g/mol. The first kappa shape index (κ1) is 11.2. The number of nitrogens with two attached hydrogens (primary N) is 1. The lowest BCUT2D eigenvalue weighted by atomic mass is 9.90. The van der Waals surface area contributed by atoms with Crippen molar-refractivity contribution in [1.29, 1.82) is 0 Å². The smallest absolute Gasteiger partial charge is 0.270 e. The summed E-state index contributed by atoms with van der Waals surface area (Å²) in [5, 5.41) is 0. The Morgan fingerprint density at radius 2 is 2.50 bits per heavy atom. The van der Waals surface area contributed by atoms with Gasteiger partial charge in [-0.25, -0.2) is 0 Å². The van der Waals surface area contributed by atoms with Crippen molar-refractivity contribution >= 4 is 5.91 Å². The average Bonchev–Trinajstić information content (AvgIpc) is 2.81. The molecule has 0 bridgehead atoms. The summed E-state index contributed by atoms with van der Waals surface area (Å²) in [6.45, 7) is 3.54. The van der Waals surface area contributed by atoms with Crippen LogP contribution in [0.4, 0.5) is 0 Å². The molecule has 0 aromatic carbocycles. The molecule has 1 amide bonds. The third-order valence-corrected chi connectivity index (χ3v) is 3.45. The Morgan fingerprint density at radius 1 is 1.69 bits per heavy atom. The van der Waals surface area contributed by atoms with E-state index in [1.54, 1.807) is 6.20 Å². The molecule has 1 aromatic heterocycles. The number of hydrogen-bond donors (Lipinski definition) is 2. The summed E-state index contributed by atoms with van der Waals surface area (Å²) < 4.78 is 0. The molecule has 0 aliphatic carbocycles. The molecule has 2 heterocycles. The Morgan fingerprint density at radius 3 is 3.12 bits per heavy atom. The van der Waals surface area contributed by atoms with E-state index in [2.05, 4.69) is 11.9 Å². The highest BCUT2D eigenvalue weighted by molar-refractivity contribution is 5.92. The van der Waals surface area contributed by atoms with Crippen molar-refractivity contribution < 1.29 is 4.79 Å². The van der Waals surface area contributed by atoms with E-state index in [-0.39, 0.29) is 11.9 Å². The van der Waals surface area contributed by atoms with Crippen LogP contribution >= 0.6 is 0 Å². The van der Waals surface area contributed by atoms with Gasteiger partial charge in [0.05, 0.1) is 0 Å². The third kappa shape index (κ3) is 1.97. The maximum atomic E-state index is 12.2. The van der Waals surface area contributed by atoms with Crippen molar-refractivity contribution in [3.63, 3.8) is 0 Å². The van der Waals surface area contributed by atoms with Crippen LogP contribution in [0.1, 0.15) is 30.3 Å². The highest BCUT2D eigenvalue weighted by atomic mass is 16.2. The van der Waals surface area contributed by atoms with Gasteiger partial charge in [0.25, 0.3) is 5.91 Å². The minimum absolute atomic E-state index is 0.0759. The van der Waals surface area contributed by atoms with Crippen LogP contribution in [0.3, 0.4) is 0 Å². The molecule has 1 aliphatic rings. The molecule has 16 heavy (non-hydrogen) atoms. The molecule has 3 N–H and O–H groups in total. The molecule has 0 radical (unpaired) electrons. The number of hydrogen-bond acceptors (Lipinski definition) is 2. The number of carbonyl (C=O) groups is 1. The Kier molecular flexibility index (Phi) is 3.29. The zero-order valence-electron chi connectivity index (χ0n) is 9.65. The lowest BCUT2D eigenvalue weighted by Crippen LogP contribution is -2.51. The van der Waals surface area contributed by atoms with E-state index in [9.17, 15) is 4.79 Å². The topological polar surface area (TPSA) is 62.1 Å². The number of nitrogens with zero attached hydrogens (tertiary/aromatic N) is 1. The molecule has 2 unspecified atom stereocenters. The standard InChI is InChI=1S/C12H19N3O/c1-9-4-3-7-15(11(9)8-13)12(16)10-5-2-6-14-10/h2,5-6,9,11,14H,3-4,7-8,13H2,1H3. The van der Waals surface area contributed by atoms with Gasteiger partial charge in [-0.1, -0.05) is 6.92 Å². The molecule has 1 fully saturated rings. The van der Waals surface area contributed by atoms with Crippen LogP contribution in [0.15, 0.2) is 18.3 Å². The second kappa shape index (κ2) is 4.70. The first-order chi connectivity index (χ1) is 7.74. The van der Waals surface area contributed by atoms with Gasteiger partial charge in [-0.2, -0.15) is 0 Å². The van der Waals surface area contributed by atoms with Crippen LogP contribution in [0.5, 0.6) is 0 Å².